The fourth-order valence-electron chi connectivity index (χ4n) is 3.82. The number of aryl methyl sites for hydroxylation is 1. The quantitative estimate of drug-likeness (QED) is 0.0886. The molecular weight excluding hydrogens is 770 g/mol. The number of carbonyl (C=O) groups is 1. The van der Waals surface area contributed by atoms with Gasteiger partial charge in [0.1, 0.15) is 12.4 Å². The van der Waals surface area contributed by atoms with Crippen LogP contribution in [0.15, 0.2) is 93.8 Å². The highest BCUT2D eigenvalue weighted by molar-refractivity contribution is 14.1. The van der Waals surface area contributed by atoms with Crippen molar-refractivity contribution in [2.45, 2.75) is 13.5 Å². The van der Waals surface area contributed by atoms with Crippen LogP contribution in [0.5, 0.6) is 5.75 Å². The van der Waals surface area contributed by atoms with Gasteiger partial charge >= 0.3 is 0 Å². The lowest BCUT2D eigenvalue weighted by Crippen LogP contribution is -2.17. The molecule has 0 spiro atoms. The van der Waals surface area contributed by atoms with Crippen molar-refractivity contribution in [1.82, 2.24) is 10.4 Å². The van der Waals surface area contributed by atoms with Gasteiger partial charge in [0.15, 0.2) is 5.13 Å². The smallest absolute Gasteiger partial charge is 0.271 e. The molecule has 0 radical (unpaired) electrons. The van der Waals surface area contributed by atoms with Gasteiger partial charge in [-0.15, -0.1) is 11.3 Å². The number of hydrogen-bond acceptors (Lipinski definition) is 6. The van der Waals surface area contributed by atoms with Gasteiger partial charge in [0.05, 0.1) is 30.0 Å². The summed E-state index contributed by atoms with van der Waals surface area (Å²) >= 11 is 19.4. The Hall–Kier alpha value is -2.96. The minimum atomic E-state index is -0.312. The summed E-state index contributed by atoms with van der Waals surface area (Å²) < 4.78 is 7.64. The zero-order valence-electron chi connectivity index (χ0n) is 22.0. The van der Waals surface area contributed by atoms with Crippen molar-refractivity contribution < 1.29 is 9.53 Å². The highest BCUT2D eigenvalue weighted by Crippen LogP contribution is 2.33. The second-order valence-electron chi connectivity index (χ2n) is 9.16. The summed E-state index contributed by atoms with van der Waals surface area (Å²) in [4.78, 5) is 17.3. The Morgan fingerprint density at radius 2 is 1.81 bits per heavy atom. The molecule has 0 aliphatic rings. The van der Waals surface area contributed by atoms with E-state index in [0.717, 1.165) is 41.2 Å². The van der Waals surface area contributed by atoms with Gasteiger partial charge in [0.2, 0.25) is 0 Å². The van der Waals surface area contributed by atoms with Gasteiger partial charge in [-0.25, -0.2) is 10.4 Å². The molecule has 1 amide bonds. The summed E-state index contributed by atoms with van der Waals surface area (Å²) in [5, 5.41) is 11.2. The molecule has 42 heavy (non-hydrogen) atoms. The van der Waals surface area contributed by atoms with Crippen molar-refractivity contribution in [1.29, 1.82) is 0 Å². The van der Waals surface area contributed by atoms with E-state index >= 15 is 0 Å². The lowest BCUT2D eigenvalue weighted by molar-refractivity contribution is 0.0955. The standard InChI is InChI=1S/C31H22BrCl2IN4O2S/c1-18-2-9-23(10-3-18)37-31-38-28(17-42-31)21-5-7-22(8-6-21)30(40)39-36-15-20-12-24(32)29(27(35)14-20)41-16-19-4-11-25(33)26(34)13-19/h2-15,17H,16H2,1H3,(H,37,38)(H,39,40)/b36-15-. The molecule has 0 aliphatic heterocycles. The number of nitrogens with one attached hydrogen (secondary N) is 2. The third kappa shape index (κ3) is 7.90. The Morgan fingerprint density at radius 3 is 2.52 bits per heavy atom. The number of ether oxygens (including phenoxy) is 1. The third-order valence-electron chi connectivity index (χ3n) is 6.02. The maximum absolute atomic E-state index is 12.7. The largest absolute Gasteiger partial charge is 0.487 e. The van der Waals surface area contributed by atoms with E-state index < -0.39 is 0 Å². The molecule has 2 N–H and O–H groups in total. The Labute approximate surface area is 279 Å². The van der Waals surface area contributed by atoms with Crippen LogP contribution in [-0.4, -0.2) is 17.1 Å². The first-order valence-corrected chi connectivity index (χ1v) is 16.0. The number of hydrogen-bond donors (Lipinski definition) is 2. The maximum Gasteiger partial charge on any atom is 0.271 e. The van der Waals surface area contributed by atoms with E-state index in [2.05, 4.69) is 78.4 Å². The molecule has 212 valence electrons. The van der Waals surface area contributed by atoms with Crippen LogP contribution in [0, 0.1) is 10.5 Å². The topological polar surface area (TPSA) is 75.6 Å². The van der Waals surface area contributed by atoms with Crippen molar-refractivity contribution in [2.75, 3.05) is 5.32 Å². The van der Waals surface area contributed by atoms with Gasteiger partial charge < -0.3 is 10.1 Å². The highest BCUT2D eigenvalue weighted by atomic mass is 127. The minimum absolute atomic E-state index is 0.312. The van der Waals surface area contributed by atoms with Crippen LogP contribution < -0.4 is 15.5 Å². The average Bonchev–Trinajstić information content (AvgIpc) is 3.44. The number of halogens is 4. The predicted molar refractivity (Wildman–Crippen MR) is 185 cm³/mol. The summed E-state index contributed by atoms with van der Waals surface area (Å²) in [6, 6.07) is 24.6. The van der Waals surface area contributed by atoms with E-state index in [1.54, 1.807) is 30.5 Å². The van der Waals surface area contributed by atoms with Crippen LogP contribution >= 0.6 is 73.1 Å². The second-order valence-corrected chi connectivity index (χ2v) is 12.8. The van der Waals surface area contributed by atoms with Crippen molar-refractivity contribution >= 4 is 96.0 Å². The van der Waals surface area contributed by atoms with E-state index in [1.165, 1.54) is 16.9 Å². The molecule has 1 heterocycles. The average molecular weight is 792 g/mol. The van der Waals surface area contributed by atoms with E-state index in [4.69, 9.17) is 27.9 Å². The second kappa shape index (κ2) is 14.0. The summed E-state index contributed by atoms with van der Waals surface area (Å²) in [5.74, 6) is 0.384. The van der Waals surface area contributed by atoms with Crippen LogP contribution in [0.3, 0.4) is 0 Å². The van der Waals surface area contributed by atoms with Crippen molar-refractivity contribution in [3.05, 3.63) is 125 Å². The number of anilines is 2. The maximum atomic E-state index is 12.7. The van der Waals surface area contributed by atoms with Gasteiger partial charge in [-0.2, -0.15) is 5.10 Å². The zero-order chi connectivity index (χ0) is 29.6. The lowest BCUT2D eigenvalue weighted by atomic mass is 10.1. The minimum Gasteiger partial charge on any atom is -0.487 e. The molecule has 0 aliphatic carbocycles. The lowest BCUT2D eigenvalue weighted by Gasteiger charge is -2.12. The molecule has 1 aromatic heterocycles. The zero-order valence-corrected chi connectivity index (χ0v) is 28.1. The summed E-state index contributed by atoms with van der Waals surface area (Å²) in [5.41, 5.74) is 8.72. The number of nitrogens with zero attached hydrogens (tertiary/aromatic N) is 2. The number of hydrazone groups is 1. The van der Waals surface area contributed by atoms with Crippen LogP contribution in [0.4, 0.5) is 10.8 Å². The highest BCUT2D eigenvalue weighted by Gasteiger charge is 2.11. The Bertz CT molecular complexity index is 1740. The fourth-order valence-corrected chi connectivity index (χ4v) is 6.65. The molecule has 0 saturated carbocycles. The molecular formula is C31H22BrCl2IN4O2S. The normalized spacial score (nSPS) is 11.1. The first-order valence-electron chi connectivity index (χ1n) is 12.5. The van der Waals surface area contributed by atoms with Crippen LogP contribution in [0.2, 0.25) is 10.0 Å². The first kappa shape index (κ1) is 30.5. The number of amides is 1. The molecule has 0 unspecified atom stereocenters. The summed E-state index contributed by atoms with van der Waals surface area (Å²) in [6.45, 7) is 2.39. The molecule has 5 aromatic rings. The molecule has 11 heteroatoms. The molecule has 5 rings (SSSR count). The van der Waals surface area contributed by atoms with E-state index in [9.17, 15) is 4.79 Å². The summed E-state index contributed by atoms with van der Waals surface area (Å²) in [6.07, 6.45) is 1.58. The number of aromatic nitrogens is 1. The third-order valence-corrected chi connectivity index (χ3v) is 8.90. The fraction of sp³-hybridized carbons (Fsp3) is 0.0645. The monoisotopic (exact) mass is 790 g/mol. The van der Waals surface area contributed by atoms with Crippen molar-refractivity contribution in [2.24, 2.45) is 5.10 Å². The van der Waals surface area contributed by atoms with Crippen LogP contribution in [0.25, 0.3) is 11.3 Å². The molecule has 0 saturated heterocycles. The Kier molecular flexibility index (Phi) is 10.2. The first-order chi connectivity index (χ1) is 20.2. The SMILES string of the molecule is Cc1ccc(Nc2nc(-c3ccc(C(=O)N/N=C\c4cc(Br)c(OCc5ccc(Cl)c(Cl)c5)c(I)c4)cc3)cs2)cc1. The van der Waals surface area contributed by atoms with Crippen molar-refractivity contribution in [3.63, 3.8) is 0 Å². The Balaban J connectivity index is 1.16. The Morgan fingerprint density at radius 1 is 1.05 bits per heavy atom. The van der Waals surface area contributed by atoms with Crippen molar-refractivity contribution in [3.8, 4) is 17.0 Å². The van der Waals surface area contributed by atoms with Gasteiger partial charge in [0.25, 0.3) is 5.91 Å². The van der Waals surface area contributed by atoms with Crippen LogP contribution in [-0.2, 0) is 6.61 Å². The predicted octanol–water partition coefficient (Wildman–Crippen LogP) is 9.88. The number of thiazole rings is 1. The van der Waals surface area contributed by atoms with Gasteiger partial charge in [-0.3, -0.25) is 4.79 Å². The molecule has 6 nitrogen and oxygen atoms in total. The summed E-state index contributed by atoms with van der Waals surface area (Å²) in [7, 11) is 0. The molecule has 4 aromatic carbocycles. The molecule has 0 bridgehead atoms. The van der Waals surface area contributed by atoms with E-state index in [-0.39, 0.29) is 5.91 Å². The molecule has 0 atom stereocenters. The van der Waals surface area contributed by atoms with E-state index in [1.807, 2.05) is 47.8 Å². The number of carbonyl (C=O) groups excluding carboxylic acids is 1. The number of rotatable bonds is 9. The van der Waals surface area contributed by atoms with Gasteiger partial charge in [-0.05, 0) is 105 Å². The van der Waals surface area contributed by atoms with Gasteiger partial charge in [-0.1, -0.05) is 59.1 Å². The van der Waals surface area contributed by atoms with E-state index in [0.29, 0.717) is 28.0 Å². The molecule has 0 fully saturated rings. The van der Waals surface area contributed by atoms with Gasteiger partial charge in [0, 0.05) is 22.2 Å². The van der Waals surface area contributed by atoms with Crippen LogP contribution in [0.1, 0.15) is 27.0 Å². The number of benzene rings is 4.